The maximum absolute atomic E-state index is 4.35. The standard InChI is InChI=1S/C13H26B2/c1-11(14(2)3)12-9-7-6-8-10-13(12)15(4)5/h12-13H,1,6-10H2,2-5H3/t12-,13-/m0/s1. The van der Waals surface area contributed by atoms with E-state index in [1.807, 2.05) is 0 Å². The molecule has 84 valence electrons. The van der Waals surface area contributed by atoms with Gasteiger partial charge in [0.05, 0.1) is 0 Å². The van der Waals surface area contributed by atoms with E-state index in [1.165, 1.54) is 37.6 Å². The molecule has 1 saturated carbocycles. The lowest BCUT2D eigenvalue weighted by Gasteiger charge is -2.30. The monoisotopic (exact) mass is 204 g/mol. The summed E-state index contributed by atoms with van der Waals surface area (Å²) in [5.41, 5.74) is 1.51. The summed E-state index contributed by atoms with van der Waals surface area (Å²) in [6, 6.07) is 0. The van der Waals surface area contributed by atoms with Crippen LogP contribution in [0.1, 0.15) is 32.1 Å². The Balaban J connectivity index is 2.74. The Morgan fingerprint density at radius 2 is 1.60 bits per heavy atom. The summed E-state index contributed by atoms with van der Waals surface area (Å²) < 4.78 is 0. The van der Waals surface area contributed by atoms with Crippen LogP contribution in [0.5, 0.6) is 0 Å². The van der Waals surface area contributed by atoms with Gasteiger partial charge in [-0.2, -0.15) is 0 Å². The first-order valence-electron chi connectivity index (χ1n) is 6.72. The van der Waals surface area contributed by atoms with Gasteiger partial charge in [-0.05, 0) is 12.3 Å². The Morgan fingerprint density at radius 1 is 1.00 bits per heavy atom. The van der Waals surface area contributed by atoms with Gasteiger partial charge < -0.3 is 0 Å². The van der Waals surface area contributed by atoms with Gasteiger partial charge in [-0.1, -0.05) is 58.8 Å². The van der Waals surface area contributed by atoms with Crippen molar-refractivity contribution in [1.82, 2.24) is 0 Å². The first kappa shape index (κ1) is 12.9. The number of hydrogen-bond acceptors (Lipinski definition) is 0. The highest BCUT2D eigenvalue weighted by Gasteiger charge is 2.30. The van der Waals surface area contributed by atoms with Crippen LogP contribution in [0.25, 0.3) is 0 Å². The van der Waals surface area contributed by atoms with Gasteiger partial charge >= 0.3 is 0 Å². The summed E-state index contributed by atoms with van der Waals surface area (Å²) in [7, 11) is 0. The van der Waals surface area contributed by atoms with Crippen LogP contribution < -0.4 is 0 Å². The van der Waals surface area contributed by atoms with Crippen LogP contribution in [-0.4, -0.2) is 13.4 Å². The van der Waals surface area contributed by atoms with Gasteiger partial charge in [-0.3, -0.25) is 0 Å². The van der Waals surface area contributed by atoms with Crippen molar-refractivity contribution in [2.24, 2.45) is 5.92 Å². The van der Waals surface area contributed by atoms with Crippen LogP contribution in [-0.2, 0) is 0 Å². The van der Waals surface area contributed by atoms with Gasteiger partial charge in [-0.15, -0.1) is 12.1 Å². The molecule has 1 aliphatic rings. The maximum Gasteiger partial charge on any atom is 0.163 e. The smallest absolute Gasteiger partial charge is 0.108 e. The topological polar surface area (TPSA) is 0 Å². The highest BCUT2D eigenvalue weighted by atomic mass is 14.2. The third-order valence-corrected chi connectivity index (χ3v) is 4.14. The summed E-state index contributed by atoms with van der Waals surface area (Å²) in [6.45, 7) is 15.2. The van der Waals surface area contributed by atoms with Gasteiger partial charge in [0.1, 0.15) is 6.71 Å². The normalized spacial score (nSPS) is 26.9. The van der Waals surface area contributed by atoms with E-state index in [1.54, 1.807) is 0 Å². The fourth-order valence-corrected chi connectivity index (χ4v) is 3.02. The second kappa shape index (κ2) is 5.82. The van der Waals surface area contributed by atoms with Crippen LogP contribution in [0.2, 0.25) is 33.1 Å². The van der Waals surface area contributed by atoms with E-state index in [0.717, 1.165) is 18.4 Å². The van der Waals surface area contributed by atoms with E-state index in [-0.39, 0.29) is 0 Å². The van der Waals surface area contributed by atoms with Crippen LogP contribution in [0, 0.1) is 5.92 Å². The minimum Gasteiger partial charge on any atom is -0.108 e. The predicted molar refractivity (Wildman–Crippen MR) is 74.4 cm³/mol. The second-order valence-electron chi connectivity index (χ2n) is 5.88. The quantitative estimate of drug-likeness (QED) is 0.467. The molecule has 1 fully saturated rings. The minimum absolute atomic E-state index is 0.661. The Morgan fingerprint density at radius 3 is 2.13 bits per heavy atom. The van der Waals surface area contributed by atoms with Crippen molar-refractivity contribution in [3.63, 3.8) is 0 Å². The molecule has 0 saturated heterocycles. The van der Waals surface area contributed by atoms with Gasteiger partial charge in [0.2, 0.25) is 0 Å². The van der Waals surface area contributed by atoms with Crippen molar-refractivity contribution in [1.29, 1.82) is 0 Å². The molecule has 0 N–H and O–H groups in total. The van der Waals surface area contributed by atoms with Crippen molar-refractivity contribution in [2.45, 2.75) is 65.2 Å². The van der Waals surface area contributed by atoms with Gasteiger partial charge in [0.15, 0.2) is 6.71 Å². The van der Waals surface area contributed by atoms with E-state index in [4.69, 9.17) is 0 Å². The van der Waals surface area contributed by atoms with Crippen molar-refractivity contribution in [3.05, 3.63) is 12.1 Å². The largest absolute Gasteiger partial charge is 0.163 e. The predicted octanol–water partition coefficient (Wildman–Crippen LogP) is 4.54. The van der Waals surface area contributed by atoms with E-state index in [0.29, 0.717) is 6.71 Å². The molecule has 2 heteroatoms. The third kappa shape index (κ3) is 3.43. The zero-order valence-electron chi connectivity index (χ0n) is 11.1. The fraction of sp³-hybridized carbons (Fsp3) is 0.846. The van der Waals surface area contributed by atoms with Crippen LogP contribution >= 0.6 is 0 Å². The summed E-state index contributed by atoms with van der Waals surface area (Å²) >= 11 is 0. The fourth-order valence-electron chi connectivity index (χ4n) is 3.02. The molecule has 1 rings (SSSR count). The number of hydrogen-bond donors (Lipinski definition) is 0. The van der Waals surface area contributed by atoms with E-state index in [2.05, 4.69) is 33.9 Å². The molecule has 1 aliphatic carbocycles. The Kier molecular flexibility index (Phi) is 5.02. The zero-order chi connectivity index (χ0) is 11.4. The highest BCUT2D eigenvalue weighted by Crippen LogP contribution is 2.39. The summed E-state index contributed by atoms with van der Waals surface area (Å²) in [5, 5.41) is 0. The molecule has 0 radical (unpaired) electrons. The third-order valence-electron chi connectivity index (χ3n) is 4.14. The minimum atomic E-state index is 0.661. The summed E-state index contributed by atoms with van der Waals surface area (Å²) in [6.07, 6.45) is 7.10. The summed E-state index contributed by atoms with van der Waals surface area (Å²) in [5.74, 6) is 1.69. The summed E-state index contributed by atoms with van der Waals surface area (Å²) in [4.78, 5) is 0. The molecular formula is C13H26B2. The molecule has 0 nitrogen and oxygen atoms in total. The lowest BCUT2D eigenvalue weighted by molar-refractivity contribution is 0.539. The molecule has 0 amide bonds. The zero-order valence-corrected chi connectivity index (χ0v) is 11.1. The Hall–Kier alpha value is -0.130. The molecule has 15 heavy (non-hydrogen) atoms. The molecule has 0 aromatic rings. The molecule has 0 unspecified atom stereocenters. The molecule has 2 atom stereocenters. The van der Waals surface area contributed by atoms with Gasteiger partial charge in [0, 0.05) is 0 Å². The molecule has 0 aliphatic heterocycles. The number of allylic oxidation sites excluding steroid dienone is 1. The number of rotatable bonds is 3. The van der Waals surface area contributed by atoms with Crippen LogP contribution in [0.3, 0.4) is 0 Å². The van der Waals surface area contributed by atoms with Crippen molar-refractivity contribution < 1.29 is 0 Å². The van der Waals surface area contributed by atoms with E-state index in [9.17, 15) is 0 Å². The average Bonchev–Trinajstić information content (AvgIpc) is 2.40. The van der Waals surface area contributed by atoms with E-state index < -0.39 is 0 Å². The van der Waals surface area contributed by atoms with Crippen molar-refractivity contribution >= 4 is 13.4 Å². The van der Waals surface area contributed by atoms with Crippen molar-refractivity contribution in [2.75, 3.05) is 0 Å². The molecule has 0 bridgehead atoms. The van der Waals surface area contributed by atoms with Crippen LogP contribution in [0.4, 0.5) is 0 Å². The van der Waals surface area contributed by atoms with Crippen molar-refractivity contribution in [3.8, 4) is 0 Å². The highest BCUT2D eigenvalue weighted by molar-refractivity contribution is 6.64. The molecule has 0 spiro atoms. The van der Waals surface area contributed by atoms with E-state index >= 15 is 0 Å². The molecule has 0 aromatic heterocycles. The average molecular weight is 204 g/mol. The Labute approximate surface area is 97.1 Å². The SMILES string of the molecule is C=C(B(C)C)[C@@H]1CCCCC[C@@H]1B(C)C. The molecule has 0 heterocycles. The Bertz CT molecular complexity index is 209. The first-order chi connectivity index (χ1) is 7.04. The molecule has 0 aromatic carbocycles. The lowest BCUT2D eigenvalue weighted by atomic mass is 9.36. The first-order valence-corrected chi connectivity index (χ1v) is 6.72. The molecular weight excluding hydrogens is 178 g/mol. The van der Waals surface area contributed by atoms with Gasteiger partial charge in [-0.25, -0.2) is 0 Å². The maximum atomic E-state index is 4.35. The van der Waals surface area contributed by atoms with Gasteiger partial charge in [0.25, 0.3) is 0 Å². The lowest BCUT2D eigenvalue weighted by Crippen LogP contribution is -2.26. The second-order valence-corrected chi connectivity index (χ2v) is 5.88. The van der Waals surface area contributed by atoms with Crippen LogP contribution in [0.15, 0.2) is 12.1 Å².